The highest BCUT2D eigenvalue weighted by Gasteiger charge is 2.33. The molecule has 21 heavy (non-hydrogen) atoms. The maximum absolute atomic E-state index is 12.5. The lowest BCUT2D eigenvalue weighted by atomic mass is 9.74. The van der Waals surface area contributed by atoms with Crippen molar-refractivity contribution in [3.63, 3.8) is 0 Å². The molecule has 0 spiro atoms. The minimum atomic E-state index is -0.851. The number of nitrogens with zero attached hydrogens (tertiary/aromatic N) is 1. The second kappa shape index (κ2) is 6.67. The van der Waals surface area contributed by atoms with Crippen molar-refractivity contribution in [3.05, 3.63) is 84.4 Å². The predicted octanol–water partition coefficient (Wildman–Crippen LogP) is 4.30. The molecule has 0 saturated carbocycles. The number of carbonyl (C=O) groups excluding carboxylic acids is 1. The second-order valence-electron chi connectivity index (χ2n) is 5.02. The Labute approximate surface area is 125 Å². The van der Waals surface area contributed by atoms with Crippen LogP contribution in [0.25, 0.3) is 0 Å². The van der Waals surface area contributed by atoms with Gasteiger partial charge in [-0.15, -0.1) is 6.58 Å². The Balaban J connectivity index is 2.36. The largest absolute Gasteiger partial charge is 0.294 e. The van der Waals surface area contributed by atoms with Crippen LogP contribution in [0.1, 0.15) is 28.8 Å². The average Bonchev–Trinajstić information content (AvgIpc) is 2.56. The Hall–Kier alpha value is -2.66. The maximum Gasteiger partial charge on any atom is 0.164 e. The summed E-state index contributed by atoms with van der Waals surface area (Å²) < 4.78 is 0. The van der Waals surface area contributed by atoms with Crippen LogP contribution >= 0.6 is 0 Å². The standard InChI is InChI=1S/C19H17NO/c1-2-13-19(15-20,17-11-7-4-8-12-17)14-18(21)16-9-5-3-6-10-16/h2-12H,1,13-14H2. The molecule has 1 atom stereocenters. The molecule has 0 aliphatic heterocycles. The molecule has 2 nitrogen and oxygen atoms in total. The van der Waals surface area contributed by atoms with E-state index in [0.717, 1.165) is 5.56 Å². The highest BCUT2D eigenvalue weighted by atomic mass is 16.1. The average molecular weight is 275 g/mol. The molecule has 0 bridgehead atoms. The van der Waals surface area contributed by atoms with E-state index in [0.29, 0.717) is 12.0 Å². The van der Waals surface area contributed by atoms with Crippen molar-refractivity contribution < 1.29 is 4.79 Å². The molecule has 2 aromatic rings. The van der Waals surface area contributed by atoms with Gasteiger partial charge in [0, 0.05) is 12.0 Å². The molecule has 2 aromatic carbocycles. The summed E-state index contributed by atoms with van der Waals surface area (Å²) in [7, 11) is 0. The van der Waals surface area contributed by atoms with Crippen molar-refractivity contribution in [1.82, 2.24) is 0 Å². The van der Waals surface area contributed by atoms with Gasteiger partial charge in [-0.1, -0.05) is 66.7 Å². The predicted molar refractivity (Wildman–Crippen MR) is 83.9 cm³/mol. The number of rotatable bonds is 6. The van der Waals surface area contributed by atoms with Gasteiger partial charge in [0.25, 0.3) is 0 Å². The highest BCUT2D eigenvalue weighted by molar-refractivity contribution is 5.97. The summed E-state index contributed by atoms with van der Waals surface area (Å²) in [6.07, 6.45) is 2.31. The van der Waals surface area contributed by atoms with Gasteiger partial charge in [0.2, 0.25) is 0 Å². The van der Waals surface area contributed by atoms with Gasteiger partial charge in [0.1, 0.15) is 0 Å². The van der Waals surface area contributed by atoms with Crippen molar-refractivity contribution in [2.75, 3.05) is 0 Å². The minimum absolute atomic E-state index is 0.0251. The zero-order chi connectivity index (χ0) is 15.1. The molecule has 0 radical (unpaired) electrons. The fourth-order valence-electron chi connectivity index (χ4n) is 2.45. The molecule has 0 saturated heterocycles. The van der Waals surface area contributed by atoms with Crippen LogP contribution in [0.5, 0.6) is 0 Å². The Morgan fingerprint density at radius 1 is 1.10 bits per heavy atom. The van der Waals surface area contributed by atoms with Crippen LogP contribution in [-0.4, -0.2) is 5.78 Å². The zero-order valence-corrected chi connectivity index (χ0v) is 11.8. The van der Waals surface area contributed by atoms with Crippen LogP contribution < -0.4 is 0 Å². The number of hydrogen-bond donors (Lipinski definition) is 0. The van der Waals surface area contributed by atoms with Crippen molar-refractivity contribution in [3.8, 4) is 6.07 Å². The summed E-state index contributed by atoms with van der Waals surface area (Å²) >= 11 is 0. The number of Topliss-reactive ketones (excluding diaryl/α,β-unsaturated/α-hetero) is 1. The van der Waals surface area contributed by atoms with Crippen molar-refractivity contribution in [1.29, 1.82) is 5.26 Å². The number of nitriles is 1. The van der Waals surface area contributed by atoms with E-state index in [1.165, 1.54) is 0 Å². The number of carbonyl (C=O) groups is 1. The summed E-state index contributed by atoms with van der Waals surface area (Å²) in [4.78, 5) is 12.5. The molecule has 0 fully saturated rings. The van der Waals surface area contributed by atoms with Gasteiger partial charge in [-0.05, 0) is 12.0 Å². The molecule has 0 aromatic heterocycles. The topological polar surface area (TPSA) is 40.9 Å². The first kappa shape index (κ1) is 14.7. The molecule has 104 valence electrons. The first-order valence-electron chi connectivity index (χ1n) is 6.88. The molecule has 1 unspecified atom stereocenters. The summed E-state index contributed by atoms with van der Waals surface area (Å²) in [5.74, 6) is -0.0251. The van der Waals surface area contributed by atoms with E-state index in [-0.39, 0.29) is 12.2 Å². The van der Waals surface area contributed by atoms with E-state index in [4.69, 9.17) is 0 Å². The molecule has 2 heteroatoms. The van der Waals surface area contributed by atoms with E-state index in [1.807, 2.05) is 48.5 Å². The maximum atomic E-state index is 12.5. The Bertz CT molecular complexity index is 655. The van der Waals surface area contributed by atoms with Crippen LogP contribution in [0, 0.1) is 11.3 Å². The molecular formula is C19H17NO. The molecule has 0 N–H and O–H groups in total. The molecular weight excluding hydrogens is 258 g/mol. The van der Waals surface area contributed by atoms with Crippen molar-refractivity contribution in [2.24, 2.45) is 0 Å². The SMILES string of the molecule is C=CCC(C#N)(CC(=O)c1ccccc1)c1ccccc1. The third kappa shape index (κ3) is 3.27. The summed E-state index contributed by atoms with van der Waals surface area (Å²) in [5.41, 5.74) is 0.643. The van der Waals surface area contributed by atoms with E-state index < -0.39 is 5.41 Å². The fraction of sp³-hybridized carbons (Fsp3) is 0.158. The van der Waals surface area contributed by atoms with Gasteiger partial charge in [-0.3, -0.25) is 4.79 Å². The Morgan fingerprint density at radius 2 is 1.67 bits per heavy atom. The van der Waals surface area contributed by atoms with E-state index >= 15 is 0 Å². The van der Waals surface area contributed by atoms with Crippen LogP contribution in [0.3, 0.4) is 0 Å². The zero-order valence-electron chi connectivity index (χ0n) is 11.8. The third-order valence-electron chi connectivity index (χ3n) is 3.59. The monoisotopic (exact) mass is 275 g/mol. The van der Waals surface area contributed by atoms with E-state index in [1.54, 1.807) is 18.2 Å². The smallest absolute Gasteiger partial charge is 0.164 e. The van der Waals surface area contributed by atoms with E-state index in [2.05, 4.69) is 12.6 Å². The molecule has 0 heterocycles. The highest BCUT2D eigenvalue weighted by Crippen LogP contribution is 2.33. The first-order chi connectivity index (χ1) is 10.2. The van der Waals surface area contributed by atoms with Gasteiger partial charge in [-0.25, -0.2) is 0 Å². The fourth-order valence-corrected chi connectivity index (χ4v) is 2.45. The lowest BCUT2D eigenvalue weighted by molar-refractivity contribution is 0.0962. The summed E-state index contributed by atoms with van der Waals surface area (Å²) in [6.45, 7) is 3.74. The van der Waals surface area contributed by atoms with Crippen LogP contribution in [0.2, 0.25) is 0 Å². The van der Waals surface area contributed by atoms with Gasteiger partial charge >= 0.3 is 0 Å². The van der Waals surface area contributed by atoms with E-state index in [9.17, 15) is 10.1 Å². The van der Waals surface area contributed by atoms with Crippen molar-refractivity contribution in [2.45, 2.75) is 18.3 Å². The van der Waals surface area contributed by atoms with Crippen LogP contribution in [-0.2, 0) is 5.41 Å². The second-order valence-corrected chi connectivity index (χ2v) is 5.02. The summed E-state index contributed by atoms with van der Waals surface area (Å²) in [5, 5.41) is 9.71. The number of allylic oxidation sites excluding steroid dienone is 1. The Morgan fingerprint density at radius 3 is 2.19 bits per heavy atom. The Kier molecular flexibility index (Phi) is 4.68. The molecule has 0 aliphatic carbocycles. The van der Waals surface area contributed by atoms with Crippen molar-refractivity contribution >= 4 is 5.78 Å². The van der Waals surface area contributed by atoms with Crippen LogP contribution in [0.15, 0.2) is 73.3 Å². The lowest BCUT2D eigenvalue weighted by Crippen LogP contribution is -2.27. The third-order valence-corrected chi connectivity index (χ3v) is 3.59. The van der Waals surface area contributed by atoms with Gasteiger partial charge in [0.15, 0.2) is 5.78 Å². The number of benzene rings is 2. The van der Waals surface area contributed by atoms with Gasteiger partial charge in [-0.2, -0.15) is 5.26 Å². The molecule has 0 amide bonds. The molecule has 2 rings (SSSR count). The van der Waals surface area contributed by atoms with Gasteiger partial charge in [0.05, 0.1) is 11.5 Å². The minimum Gasteiger partial charge on any atom is -0.294 e. The van der Waals surface area contributed by atoms with Gasteiger partial charge < -0.3 is 0 Å². The lowest BCUT2D eigenvalue weighted by Gasteiger charge is -2.25. The summed E-state index contributed by atoms with van der Waals surface area (Å²) in [6, 6.07) is 20.9. The van der Waals surface area contributed by atoms with Crippen LogP contribution in [0.4, 0.5) is 0 Å². The number of ketones is 1. The first-order valence-corrected chi connectivity index (χ1v) is 6.88. The molecule has 0 aliphatic rings. The number of hydrogen-bond acceptors (Lipinski definition) is 2. The quantitative estimate of drug-likeness (QED) is 0.582. The normalized spacial score (nSPS) is 12.9.